The SMILES string of the molecule is O=[N+]([O-])c1cc(Br)cc(Oc2ccc(CBr)cc2)c1. The Morgan fingerprint density at radius 3 is 2.37 bits per heavy atom. The summed E-state index contributed by atoms with van der Waals surface area (Å²) in [5.41, 5.74) is 1.12. The number of halogens is 2. The molecule has 0 atom stereocenters. The molecule has 0 aliphatic rings. The van der Waals surface area contributed by atoms with E-state index >= 15 is 0 Å². The molecule has 0 amide bonds. The van der Waals surface area contributed by atoms with E-state index in [0.29, 0.717) is 16.0 Å². The van der Waals surface area contributed by atoms with Crippen LogP contribution in [0, 0.1) is 10.1 Å². The van der Waals surface area contributed by atoms with Gasteiger partial charge in [0.2, 0.25) is 0 Å². The molecule has 2 aromatic carbocycles. The first-order valence-corrected chi connectivity index (χ1v) is 7.27. The summed E-state index contributed by atoms with van der Waals surface area (Å²) in [7, 11) is 0. The Bertz CT molecular complexity index is 599. The van der Waals surface area contributed by atoms with Crippen LogP contribution < -0.4 is 4.74 Å². The van der Waals surface area contributed by atoms with Gasteiger partial charge in [0.15, 0.2) is 0 Å². The van der Waals surface area contributed by atoms with Gasteiger partial charge in [-0.05, 0) is 23.8 Å². The lowest BCUT2D eigenvalue weighted by atomic mass is 10.2. The smallest absolute Gasteiger partial charge is 0.274 e. The van der Waals surface area contributed by atoms with E-state index in [1.54, 1.807) is 6.07 Å². The first-order chi connectivity index (χ1) is 9.08. The molecule has 0 fully saturated rings. The number of nitro benzene ring substituents is 1. The summed E-state index contributed by atoms with van der Waals surface area (Å²) < 4.78 is 6.21. The number of nitro groups is 1. The van der Waals surface area contributed by atoms with Crippen molar-refractivity contribution in [1.82, 2.24) is 0 Å². The van der Waals surface area contributed by atoms with Crippen LogP contribution in [0.3, 0.4) is 0 Å². The van der Waals surface area contributed by atoms with Crippen LogP contribution >= 0.6 is 31.9 Å². The number of hydrogen-bond donors (Lipinski definition) is 0. The molecule has 0 aliphatic carbocycles. The second-order valence-electron chi connectivity index (χ2n) is 3.78. The highest BCUT2D eigenvalue weighted by Gasteiger charge is 2.10. The zero-order chi connectivity index (χ0) is 13.8. The van der Waals surface area contributed by atoms with Crippen molar-refractivity contribution in [2.24, 2.45) is 0 Å². The second-order valence-corrected chi connectivity index (χ2v) is 5.26. The molecule has 0 N–H and O–H groups in total. The van der Waals surface area contributed by atoms with Crippen LogP contribution in [0.1, 0.15) is 5.56 Å². The molecular weight excluding hydrogens is 378 g/mol. The lowest BCUT2D eigenvalue weighted by Gasteiger charge is -2.06. The summed E-state index contributed by atoms with van der Waals surface area (Å²) in [5, 5.41) is 11.5. The van der Waals surface area contributed by atoms with E-state index in [1.165, 1.54) is 12.1 Å². The van der Waals surface area contributed by atoms with Crippen molar-refractivity contribution in [1.29, 1.82) is 0 Å². The van der Waals surface area contributed by atoms with Crippen molar-refractivity contribution < 1.29 is 9.66 Å². The quantitative estimate of drug-likeness (QED) is 0.420. The van der Waals surface area contributed by atoms with Crippen molar-refractivity contribution in [2.75, 3.05) is 0 Å². The van der Waals surface area contributed by atoms with Crippen LogP contribution in [0.15, 0.2) is 46.9 Å². The van der Waals surface area contributed by atoms with E-state index in [4.69, 9.17) is 4.74 Å². The van der Waals surface area contributed by atoms with Crippen molar-refractivity contribution in [3.63, 3.8) is 0 Å². The van der Waals surface area contributed by atoms with E-state index in [2.05, 4.69) is 31.9 Å². The van der Waals surface area contributed by atoms with Crippen LogP contribution in [0.4, 0.5) is 5.69 Å². The van der Waals surface area contributed by atoms with Gasteiger partial charge >= 0.3 is 0 Å². The predicted octanol–water partition coefficient (Wildman–Crippen LogP) is 5.04. The van der Waals surface area contributed by atoms with Gasteiger partial charge in [0.05, 0.1) is 11.0 Å². The van der Waals surface area contributed by atoms with E-state index in [9.17, 15) is 10.1 Å². The Labute approximate surface area is 126 Å². The normalized spacial score (nSPS) is 10.2. The minimum atomic E-state index is -0.453. The molecule has 0 spiro atoms. The minimum Gasteiger partial charge on any atom is -0.457 e. The monoisotopic (exact) mass is 385 g/mol. The fourth-order valence-electron chi connectivity index (χ4n) is 1.49. The lowest BCUT2D eigenvalue weighted by molar-refractivity contribution is -0.385. The van der Waals surface area contributed by atoms with Crippen LogP contribution in [-0.2, 0) is 5.33 Å². The first-order valence-electron chi connectivity index (χ1n) is 5.36. The third-order valence-electron chi connectivity index (χ3n) is 2.38. The van der Waals surface area contributed by atoms with Gasteiger partial charge in [-0.15, -0.1) is 0 Å². The lowest BCUT2D eigenvalue weighted by Crippen LogP contribution is -1.90. The molecule has 0 saturated carbocycles. The second kappa shape index (κ2) is 6.16. The maximum atomic E-state index is 10.8. The highest BCUT2D eigenvalue weighted by Crippen LogP contribution is 2.29. The zero-order valence-corrected chi connectivity index (χ0v) is 12.8. The van der Waals surface area contributed by atoms with E-state index in [0.717, 1.165) is 10.9 Å². The zero-order valence-electron chi connectivity index (χ0n) is 9.68. The number of rotatable bonds is 4. The number of hydrogen-bond acceptors (Lipinski definition) is 3. The van der Waals surface area contributed by atoms with Crippen molar-refractivity contribution >= 4 is 37.5 Å². The Kier molecular flexibility index (Phi) is 4.55. The van der Waals surface area contributed by atoms with Gasteiger partial charge < -0.3 is 4.74 Å². The largest absolute Gasteiger partial charge is 0.457 e. The topological polar surface area (TPSA) is 52.4 Å². The first kappa shape index (κ1) is 14.0. The molecule has 0 bridgehead atoms. The highest BCUT2D eigenvalue weighted by atomic mass is 79.9. The molecule has 0 radical (unpaired) electrons. The van der Waals surface area contributed by atoms with Crippen LogP contribution in [0.2, 0.25) is 0 Å². The molecular formula is C13H9Br2NO3. The molecule has 19 heavy (non-hydrogen) atoms. The van der Waals surface area contributed by atoms with Gasteiger partial charge in [0, 0.05) is 15.9 Å². The van der Waals surface area contributed by atoms with Gasteiger partial charge in [-0.2, -0.15) is 0 Å². The number of nitrogens with zero attached hydrogens (tertiary/aromatic N) is 1. The molecule has 0 heterocycles. The van der Waals surface area contributed by atoms with Crippen molar-refractivity contribution in [2.45, 2.75) is 5.33 Å². The van der Waals surface area contributed by atoms with Gasteiger partial charge in [0.1, 0.15) is 11.5 Å². The molecule has 2 rings (SSSR count). The molecule has 0 aromatic heterocycles. The van der Waals surface area contributed by atoms with Crippen molar-refractivity contribution in [3.05, 3.63) is 62.6 Å². The predicted molar refractivity (Wildman–Crippen MR) is 79.9 cm³/mol. The molecule has 6 heteroatoms. The van der Waals surface area contributed by atoms with Gasteiger partial charge in [-0.3, -0.25) is 10.1 Å². The van der Waals surface area contributed by atoms with Gasteiger partial charge in [-0.1, -0.05) is 44.0 Å². The molecule has 2 aromatic rings. The summed E-state index contributed by atoms with van der Waals surface area (Å²) in [6.45, 7) is 0. The van der Waals surface area contributed by atoms with Crippen LogP contribution in [0.5, 0.6) is 11.5 Å². The summed E-state index contributed by atoms with van der Waals surface area (Å²) in [6.07, 6.45) is 0. The molecule has 0 unspecified atom stereocenters. The Morgan fingerprint density at radius 2 is 1.79 bits per heavy atom. The Morgan fingerprint density at radius 1 is 1.11 bits per heavy atom. The highest BCUT2D eigenvalue weighted by molar-refractivity contribution is 9.10. The number of non-ortho nitro benzene ring substituents is 1. The number of ether oxygens (including phenoxy) is 1. The van der Waals surface area contributed by atoms with Crippen LogP contribution in [-0.4, -0.2) is 4.92 Å². The van der Waals surface area contributed by atoms with Gasteiger partial charge in [0.25, 0.3) is 5.69 Å². The maximum absolute atomic E-state index is 10.8. The molecule has 0 aliphatic heterocycles. The molecule has 0 saturated heterocycles. The third-order valence-corrected chi connectivity index (χ3v) is 3.49. The van der Waals surface area contributed by atoms with E-state index in [-0.39, 0.29) is 5.69 Å². The average Bonchev–Trinajstić information content (AvgIpc) is 2.39. The average molecular weight is 387 g/mol. The van der Waals surface area contributed by atoms with Gasteiger partial charge in [-0.25, -0.2) is 0 Å². The summed E-state index contributed by atoms with van der Waals surface area (Å²) in [6, 6.07) is 12.0. The molecule has 98 valence electrons. The van der Waals surface area contributed by atoms with Crippen molar-refractivity contribution in [3.8, 4) is 11.5 Å². The summed E-state index contributed by atoms with van der Waals surface area (Å²) in [5.74, 6) is 1.06. The van der Waals surface area contributed by atoms with Crippen LogP contribution in [0.25, 0.3) is 0 Å². The summed E-state index contributed by atoms with van der Waals surface area (Å²) in [4.78, 5) is 10.3. The summed E-state index contributed by atoms with van der Waals surface area (Å²) >= 11 is 6.59. The Balaban J connectivity index is 2.24. The fourth-order valence-corrected chi connectivity index (χ4v) is 2.33. The Hall–Kier alpha value is -1.40. The maximum Gasteiger partial charge on any atom is 0.274 e. The number of benzene rings is 2. The molecule has 4 nitrogen and oxygen atoms in total. The third kappa shape index (κ3) is 3.78. The standard InChI is InChI=1S/C13H9Br2NO3/c14-8-9-1-3-12(4-2-9)19-13-6-10(15)5-11(7-13)16(17)18/h1-7H,8H2. The van der Waals surface area contributed by atoms with E-state index in [1.807, 2.05) is 24.3 Å². The minimum absolute atomic E-state index is 0.0125. The number of alkyl halides is 1. The van der Waals surface area contributed by atoms with E-state index < -0.39 is 4.92 Å². The fraction of sp³-hybridized carbons (Fsp3) is 0.0769.